The van der Waals surface area contributed by atoms with Crippen LogP contribution in [0.1, 0.15) is 0 Å². The fourth-order valence-corrected chi connectivity index (χ4v) is 0.671. The van der Waals surface area contributed by atoms with Crippen LogP contribution < -0.4 is 0 Å². The molecule has 0 fully saturated rings. The van der Waals surface area contributed by atoms with Crippen molar-refractivity contribution in [2.24, 2.45) is 0 Å². The lowest BCUT2D eigenvalue weighted by molar-refractivity contribution is -0.123. The zero-order chi connectivity index (χ0) is 9.72. The standard InChI is InChI=1S/C6H14O6.H2O/c7-1-3(9)5(11)6(12)4(10)2-8;/h3-12H,1-2H2;1H2/t3-,4-,5-,6+;/m0./s1. The lowest BCUT2D eigenvalue weighted by atomic mass is 10.0. The molecule has 13 heavy (non-hydrogen) atoms. The lowest BCUT2D eigenvalue weighted by Gasteiger charge is -2.24. The van der Waals surface area contributed by atoms with Gasteiger partial charge in [0.05, 0.1) is 13.2 Å². The van der Waals surface area contributed by atoms with E-state index in [0.717, 1.165) is 0 Å². The van der Waals surface area contributed by atoms with Gasteiger partial charge >= 0.3 is 0 Å². The van der Waals surface area contributed by atoms with E-state index in [1.54, 1.807) is 0 Å². The Labute approximate surface area is 74.8 Å². The Bertz CT molecular complexity index is 106. The summed E-state index contributed by atoms with van der Waals surface area (Å²) in [4.78, 5) is 0. The van der Waals surface area contributed by atoms with Gasteiger partial charge in [-0.25, -0.2) is 0 Å². The Kier molecular flexibility index (Phi) is 8.37. The molecule has 4 atom stereocenters. The van der Waals surface area contributed by atoms with E-state index in [-0.39, 0.29) is 5.48 Å². The molecule has 82 valence electrons. The highest BCUT2D eigenvalue weighted by molar-refractivity contribution is 4.79. The van der Waals surface area contributed by atoms with Crippen LogP contribution in [0.25, 0.3) is 0 Å². The molecule has 0 bridgehead atoms. The van der Waals surface area contributed by atoms with E-state index in [4.69, 9.17) is 30.6 Å². The molecule has 0 saturated carbocycles. The fraction of sp³-hybridized carbons (Fsp3) is 1.00. The maximum absolute atomic E-state index is 8.96. The van der Waals surface area contributed by atoms with E-state index < -0.39 is 37.6 Å². The number of hydrogen-bond donors (Lipinski definition) is 6. The van der Waals surface area contributed by atoms with Crippen LogP contribution in [0.4, 0.5) is 0 Å². The maximum Gasteiger partial charge on any atom is 0.111 e. The molecule has 0 aromatic rings. The van der Waals surface area contributed by atoms with Crippen molar-refractivity contribution in [1.82, 2.24) is 0 Å². The third kappa shape index (κ3) is 4.48. The fourth-order valence-electron chi connectivity index (χ4n) is 0.671. The first-order chi connectivity index (χ1) is 5.54. The summed E-state index contributed by atoms with van der Waals surface area (Å²) in [5, 5.41) is 52.2. The normalized spacial score (nSPS) is 19.8. The van der Waals surface area contributed by atoms with Gasteiger partial charge in [-0.15, -0.1) is 0 Å². The second-order valence-electron chi connectivity index (χ2n) is 2.48. The van der Waals surface area contributed by atoms with Crippen molar-refractivity contribution in [1.29, 1.82) is 0 Å². The van der Waals surface area contributed by atoms with E-state index in [9.17, 15) is 0 Å². The smallest absolute Gasteiger partial charge is 0.111 e. The molecule has 8 N–H and O–H groups in total. The molecule has 0 rings (SSSR count). The predicted octanol–water partition coefficient (Wildman–Crippen LogP) is -4.41. The lowest BCUT2D eigenvalue weighted by Crippen LogP contribution is -2.46. The van der Waals surface area contributed by atoms with Gasteiger partial charge in [-0.2, -0.15) is 0 Å². The molecular weight excluding hydrogens is 184 g/mol. The summed E-state index contributed by atoms with van der Waals surface area (Å²) in [6, 6.07) is 0. The van der Waals surface area contributed by atoms with Gasteiger partial charge in [0.15, 0.2) is 0 Å². The van der Waals surface area contributed by atoms with Crippen LogP contribution in [0.5, 0.6) is 0 Å². The molecule has 0 saturated heterocycles. The monoisotopic (exact) mass is 200 g/mol. The molecule has 0 unspecified atom stereocenters. The zero-order valence-electron chi connectivity index (χ0n) is 6.91. The molecule has 0 heterocycles. The van der Waals surface area contributed by atoms with Crippen LogP contribution >= 0.6 is 0 Å². The Hall–Kier alpha value is -0.280. The second-order valence-corrected chi connectivity index (χ2v) is 2.48. The summed E-state index contributed by atoms with van der Waals surface area (Å²) in [6.07, 6.45) is -6.39. The van der Waals surface area contributed by atoms with Crippen molar-refractivity contribution in [2.75, 3.05) is 13.2 Å². The number of hydrogen-bond acceptors (Lipinski definition) is 6. The van der Waals surface area contributed by atoms with Gasteiger partial charge in [0.2, 0.25) is 0 Å². The molecule has 0 aliphatic carbocycles. The third-order valence-corrected chi connectivity index (χ3v) is 1.51. The topological polar surface area (TPSA) is 153 Å². The van der Waals surface area contributed by atoms with Crippen molar-refractivity contribution >= 4 is 0 Å². The summed E-state index contributed by atoms with van der Waals surface area (Å²) >= 11 is 0. The summed E-state index contributed by atoms with van der Waals surface area (Å²) in [5.41, 5.74) is 0. The largest absolute Gasteiger partial charge is 0.412 e. The van der Waals surface area contributed by atoms with E-state index in [1.165, 1.54) is 0 Å². The minimum absolute atomic E-state index is 0. The summed E-state index contributed by atoms with van der Waals surface area (Å²) in [7, 11) is 0. The molecule has 0 radical (unpaired) electrons. The van der Waals surface area contributed by atoms with Crippen LogP contribution in [0, 0.1) is 0 Å². The van der Waals surface area contributed by atoms with Crippen LogP contribution in [0.3, 0.4) is 0 Å². The van der Waals surface area contributed by atoms with Crippen molar-refractivity contribution in [3.8, 4) is 0 Å². The molecule has 0 spiro atoms. The molecule has 7 nitrogen and oxygen atoms in total. The van der Waals surface area contributed by atoms with Crippen molar-refractivity contribution in [3.63, 3.8) is 0 Å². The highest BCUT2D eigenvalue weighted by atomic mass is 16.4. The summed E-state index contributed by atoms with van der Waals surface area (Å²) < 4.78 is 0. The molecule has 0 aromatic carbocycles. The predicted molar refractivity (Wildman–Crippen MR) is 41.8 cm³/mol. The average Bonchev–Trinajstić information content (AvgIpc) is 2.12. The van der Waals surface area contributed by atoms with Crippen LogP contribution in [0.2, 0.25) is 0 Å². The average molecular weight is 200 g/mol. The summed E-state index contributed by atoms with van der Waals surface area (Å²) in [6.45, 7) is -1.45. The molecule has 0 amide bonds. The van der Waals surface area contributed by atoms with Crippen LogP contribution in [-0.4, -0.2) is 73.7 Å². The first-order valence-corrected chi connectivity index (χ1v) is 3.48. The molecule has 0 aromatic heterocycles. The Morgan fingerprint density at radius 3 is 1.08 bits per heavy atom. The molecule has 0 aliphatic rings. The van der Waals surface area contributed by atoms with Gasteiger partial charge in [0.1, 0.15) is 24.4 Å². The van der Waals surface area contributed by atoms with E-state index in [1.807, 2.05) is 0 Å². The Balaban J connectivity index is 0. The van der Waals surface area contributed by atoms with E-state index >= 15 is 0 Å². The maximum atomic E-state index is 8.96. The first-order valence-electron chi connectivity index (χ1n) is 3.48. The zero-order valence-corrected chi connectivity index (χ0v) is 6.91. The van der Waals surface area contributed by atoms with Crippen molar-refractivity contribution in [2.45, 2.75) is 24.4 Å². The Morgan fingerprint density at radius 2 is 0.923 bits per heavy atom. The number of rotatable bonds is 5. The highest BCUT2D eigenvalue weighted by Gasteiger charge is 2.29. The van der Waals surface area contributed by atoms with Crippen LogP contribution in [0.15, 0.2) is 0 Å². The quantitative estimate of drug-likeness (QED) is 0.263. The van der Waals surface area contributed by atoms with Crippen molar-refractivity contribution in [3.05, 3.63) is 0 Å². The molecule has 7 heteroatoms. The minimum atomic E-state index is -1.67. The number of aliphatic hydroxyl groups excluding tert-OH is 6. The van der Waals surface area contributed by atoms with E-state index in [2.05, 4.69) is 0 Å². The van der Waals surface area contributed by atoms with Gasteiger partial charge in [-0.1, -0.05) is 0 Å². The van der Waals surface area contributed by atoms with Gasteiger partial charge in [-0.05, 0) is 0 Å². The van der Waals surface area contributed by atoms with Crippen LogP contribution in [-0.2, 0) is 0 Å². The SMILES string of the molecule is O.OC[C@H](O)[C@H](O)[C@H](O)[C@@H](O)CO. The third-order valence-electron chi connectivity index (χ3n) is 1.51. The van der Waals surface area contributed by atoms with Gasteiger partial charge in [0.25, 0.3) is 0 Å². The van der Waals surface area contributed by atoms with Gasteiger partial charge in [-0.3, -0.25) is 0 Å². The minimum Gasteiger partial charge on any atom is -0.412 e. The Morgan fingerprint density at radius 1 is 0.692 bits per heavy atom. The summed E-state index contributed by atoms with van der Waals surface area (Å²) in [5.74, 6) is 0. The molecule has 0 aliphatic heterocycles. The first kappa shape index (κ1) is 15.2. The van der Waals surface area contributed by atoms with E-state index in [0.29, 0.717) is 0 Å². The van der Waals surface area contributed by atoms with Crippen molar-refractivity contribution < 1.29 is 36.1 Å². The second kappa shape index (κ2) is 7.15. The van der Waals surface area contributed by atoms with Gasteiger partial charge < -0.3 is 36.1 Å². The number of aliphatic hydroxyl groups is 6. The molecular formula is C6H16O7. The highest BCUT2D eigenvalue weighted by Crippen LogP contribution is 2.03. The van der Waals surface area contributed by atoms with Gasteiger partial charge in [0, 0.05) is 0 Å².